The van der Waals surface area contributed by atoms with Crippen molar-refractivity contribution in [3.05, 3.63) is 34.1 Å². The maximum atomic E-state index is 13.4. The van der Waals surface area contributed by atoms with Crippen LogP contribution in [-0.4, -0.2) is 25.0 Å². The Bertz CT molecular complexity index is 396. The second-order valence-electron chi connectivity index (χ2n) is 4.02. The molecule has 0 atom stereocenters. The van der Waals surface area contributed by atoms with Crippen molar-refractivity contribution in [1.82, 2.24) is 10.4 Å². The molecule has 3 nitrogen and oxygen atoms in total. The smallest absolute Gasteiger partial charge is 0.234 e. The van der Waals surface area contributed by atoms with Gasteiger partial charge in [-0.3, -0.25) is 10.2 Å². The minimum atomic E-state index is -0.221. The Morgan fingerprint density at radius 2 is 2.18 bits per heavy atom. The average Bonchev–Trinajstić information content (AvgIpc) is 2.22. The van der Waals surface area contributed by atoms with Crippen molar-refractivity contribution >= 4 is 21.8 Å². The summed E-state index contributed by atoms with van der Waals surface area (Å²) < 4.78 is 14.2. The van der Waals surface area contributed by atoms with Crippen LogP contribution < -0.4 is 5.43 Å². The molecule has 1 N–H and O–H groups in total. The van der Waals surface area contributed by atoms with E-state index in [2.05, 4.69) is 21.4 Å². The van der Waals surface area contributed by atoms with Crippen LogP contribution in [0.5, 0.6) is 0 Å². The third-order valence-electron chi connectivity index (χ3n) is 2.21. The lowest BCUT2D eigenvalue weighted by atomic mass is 10.1. The molecule has 0 saturated heterocycles. The fraction of sp³-hybridized carbons (Fsp3) is 0.417. The quantitative estimate of drug-likeness (QED) is 0.848. The number of amides is 1. The van der Waals surface area contributed by atoms with Gasteiger partial charge in [0, 0.05) is 25.0 Å². The van der Waals surface area contributed by atoms with Crippen molar-refractivity contribution in [2.75, 3.05) is 14.1 Å². The van der Waals surface area contributed by atoms with E-state index in [9.17, 15) is 9.18 Å². The van der Waals surface area contributed by atoms with Crippen molar-refractivity contribution < 1.29 is 9.18 Å². The van der Waals surface area contributed by atoms with Crippen molar-refractivity contribution in [1.29, 1.82) is 0 Å². The molecule has 94 valence electrons. The molecule has 5 heteroatoms. The van der Waals surface area contributed by atoms with E-state index in [0.29, 0.717) is 24.8 Å². The molecule has 0 fully saturated rings. The molecule has 0 aromatic heterocycles. The predicted molar refractivity (Wildman–Crippen MR) is 68.9 cm³/mol. The number of benzene rings is 1. The molecule has 1 rings (SSSR count). The van der Waals surface area contributed by atoms with Crippen LogP contribution in [0.4, 0.5) is 4.39 Å². The first-order valence-electron chi connectivity index (χ1n) is 5.40. The van der Waals surface area contributed by atoms with E-state index in [1.165, 1.54) is 6.07 Å². The second kappa shape index (κ2) is 6.71. The first kappa shape index (κ1) is 14.1. The summed E-state index contributed by atoms with van der Waals surface area (Å²) in [5, 5.41) is 1.60. The van der Waals surface area contributed by atoms with Crippen LogP contribution in [0.3, 0.4) is 0 Å². The first-order chi connectivity index (χ1) is 7.99. The molecule has 0 radical (unpaired) electrons. The van der Waals surface area contributed by atoms with Gasteiger partial charge in [0.05, 0.1) is 0 Å². The van der Waals surface area contributed by atoms with E-state index < -0.39 is 0 Å². The summed E-state index contributed by atoms with van der Waals surface area (Å²) >= 11 is 3.30. The topological polar surface area (TPSA) is 32.3 Å². The molecule has 0 unspecified atom stereocenters. The van der Waals surface area contributed by atoms with Gasteiger partial charge in [-0.2, -0.15) is 0 Å². The van der Waals surface area contributed by atoms with E-state index in [-0.39, 0.29) is 11.7 Å². The monoisotopic (exact) mass is 302 g/mol. The lowest BCUT2D eigenvalue weighted by Gasteiger charge is -2.11. The number of nitrogens with zero attached hydrogens (tertiary/aromatic N) is 1. The van der Waals surface area contributed by atoms with Gasteiger partial charge in [0.2, 0.25) is 5.91 Å². The minimum Gasteiger partial charge on any atom is -0.289 e. The van der Waals surface area contributed by atoms with Crippen LogP contribution in [0.1, 0.15) is 18.4 Å². The highest BCUT2D eigenvalue weighted by Crippen LogP contribution is 2.17. The summed E-state index contributed by atoms with van der Waals surface area (Å²) in [6, 6.07) is 4.84. The largest absolute Gasteiger partial charge is 0.289 e. The molecular weight excluding hydrogens is 287 g/mol. The third kappa shape index (κ3) is 5.28. The maximum absolute atomic E-state index is 13.4. The Balaban J connectivity index is 2.40. The molecular formula is C12H16BrFN2O. The van der Waals surface area contributed by atoms with E-state index in [0.717, 1.165) is 4.47 Å². The standard InChI is InChI=1S/C12H16BrFN2O/c1-16(2)15-12(17)5-3-4-9-8-10(13)6-7-11(9)14/h6-8H,3-5H2,1-2H3,(H,15,17). The Morgan fingerprint density at radius 3 is 2.82 bits per heavy atom. The predicted octanol–water partition coefficient (Wildman–Crippen LogP) is 2.50. The fourth-order valence-electron chi connectivity index (χ4n) is 1.48. The number of halogens is 2. The van der Waals surface area contributed by atoms with Gasteiger partial charge in [0.25, 0.3) is 0 Å². The van der Waals surface area contributed by atoms with E-state index in [1.54, 1.807) is 31.2 Å². The molecule has 0 aliphatic rings. The summed E-state index contributed by atoms with van der Waals surface area (Å²) in [5.41, 5.74) is 3.28. The molecule has 1 amide bonds. The molecule has 0 aliphatic heterocycles. The van der Waals surface area contributed by atoms with Crippen LogP contribution in [0.25, 0.3) is 0 Å². The Hall–Kier alpha value is -0.940. The number of hydrogen-bond acceptors (Lipinski definition) is 2. The summed E-state index contributed by atoms with van der Waals surface area (Å²) in [6.45, 7) is 0. The highest BCUT2D eigenvalue weighted by Gasteiger charge is 2.05. The summed E-state index contributed by atoms with van der Waals surface area (Å²) in [5.74, 6) is -0.272. The minimum absolute atomic E-state index is 0.0506. The van der Waals surface area contributed by atoms with Crippen LogP contribution in [-0.2, 0) is 11.2 Å². The van der Waals surface area contributed by atoms with Gasteiger partial charge in [0.15, 0.2) is 0 Å². The highest BCUT2D eigenvalue weighted by atomic mass is 79.9. The Morgan fingerprint density at radius 1 is 1.47 bits per heavy atom. The van der Waals surface area contributed by atoms with Gasteiger partial charge in [-0.1, -0.05) is 15.9 Å². The second-order valence-corrected chi connectivity index (χ2v) is 4.93. The van der Waals surface area contributed by atoms with Gasteiger partial charge < -0.3 is 0 Å². The summed E-state index contributed by atoms with van der Waals surface area (Å²) in [6.07, 6.45) is 1.59. The highest BCUT2D eigenvalue weighted by molar-refractivity contribution is 9.10. The van der Waals surface area contributed by atoms with Crippen molar-refractivity contribution in [2.45, 2.75) is 19.3 Å². The van der Waals surface area contributed by atoms with Crippen LogP contribution in [0.15, 0.2) is 22.7 Å². The molecule has 0 bridgehead atoms. The van der Waals surface area contributed by atoms with E-state index >= 15 is 0 Å². The van der Waals surface area contributed by atoms with Crippen molar-refractivity contribution in [2.24, 2.45) is 0 Å². The van der Waals surface area contributed by atoms with E-state index in [1.807, 2.05) is 0 Å². The first-order valence-corrected chi connectivity index (χ1v) is 6.19. The zero-order valence-electron chi connectivity index (χ0n) is 9.96. The van der Waals surface area contributed by atoms with Crippen LogP contribution >= 0.6 is 15.9 Å². The summed E-state index contributed by atoms with van der Waals surface area (Å²) in [7, 11) is 3.51. The van der Waals surface area contributed by atoms with Gasteiger partial charge >= 0.3 is 0 Å². The lowest BCUT2D eigenvalue weighted by molar-refractivity contribution is -0.124. The van der Waals surface area contributed by atoms with E-state index in [4.69, 9.17) is 0 Å². The Kier molecular flexibility index (Phi) is 5.58. The Labute approximate surface area is 109 Å². The number of hydrazine groups is 1. The molecule has 0 saturated carbocycles. The molecule has 17 heavy (non-hydrogen) atoms. The van der Waals surface area contributed by atoms with Gasteiger partial charge in [-0.05, 0) is 36.6 Å². The van der Waals surface area contributed by atoms with Crippen molar-refractivity contribution in [3.8, 4) is 0 Å². The number of carbonyl (C=O) groups is 1. The fourth-order valence-corrected chi connectivity index (χ4v) is 1.89. The van der Waals surface area contributed by atoms with Gasteiger partial charge in [-0.25, -0.2) is 9.40 Å². The molecule has 0 heterocycles. The summed E-state index contributed by atoms with van der Waals surface area (Å²) in [4.78, 5) is 11.3. The van der Waals surface area contributed by atoms with Gasteiger partial charge in [-0.15, -0.1) is 0 Å². The number of rotatable bonds is 5. The van der Waals surface area contributed by atoms with Crippen LogP contribution in [0, 0.1) is 5.82 Å². The zero-order valence-corrected chi connectivity index (χ0v) is 11.6. The average molecular weight is 303 g/mol. The molecule has 0 aliphatic carbocycles. The van der Waals surface area contributed by atoms with Crippen molar-refractivity contribution in [3.63, 3.8) is 0 Å². The molecule has 1 aromatic rings. The molecule has 0 spiro atoms. The zero-order chi connectivity index (χ0) is 12.8. The van der Waals surface area contributed by atoms with Crippen LogP contribution in [0.2, 0.25) is 0 Å². The molecule has 1 aromatic carbocycles. The van der Waals surface area contributed by atoms with Gasteiger partial charge in [0.1, 0.15) is 5.82 Å². The SMILES string of the molecule is CN(C)NC(=O)CCCc1cc(Br)ccc1F. The number of nitrogens with one attached hydrogen (secondary N) is 1. The maximum Gasteiger partial charge on any atom is 0.234 e. The lowest BCUT2D eigenvalue weighted by Crippen LogP contribution is -2.35. The normalized spacial score (nSPS) is 10.6. The number of hydrogen-bond donors (Lipinski definition) is 1. The number of carbonyl (C=O) groups excluding carboxylic acids is 1. The number of aryl methyl sites for hydroxylation is 1. The third-order valence-corrected chi connectivity index (χ3v) is 2.70.